The number of nitriles is 1. The fourth-order valence-electron chi connectivity index (χ4n) is 1.21. The lowest BCUT2D eigenvalue weighted by Crippen LogP contribution is -1.89. The molecule has 1 N–H and O–H groups in total. The van der Waals surface area contributed by atoms with Gasteiger partial charge in [0.15, 0.2) is 0 Å². The number of rotatable bonds is 2. The molecule has 0 unspecified atom stereocenters. The van der Waals surface area contributed by atoms with Gasteiger partial charge in [-0.1, -0.05) is 0 Å². The van der Waals surface area contributed by atoms with Crippen molar-refractivity contribution in [3.8, 4) is 11.8 Å². The second-order valence-electron chi connectivity index (χ2n) is 2.84. The van der Waals surface area contributed by atoms with Gasteiger partial charge in [-0.25, -0.2) is 0 Å². The minimum Gasteiger partial charge on any atom is -0.514 e. The predicted molar refractivity (Wildman–Crippen MR) is 53.9 cm³/mol. The van der Waals surface area contributed by atoms with Crippen LogP contribution < -0.4 is 4.74 Å². The summed E-state index contributed by atoms with van der Waals surface area (Å²) in [5.74, 6) is 0.768. The second-order valence-corrected chi connectivity index (χ2v) is 2.84. The van der Waals surface area contributed by atoms with E-state index < -0.39 is 0 Å². The number of nitrogens with zero attached hydrogens (tertiary/aromatic N) is 1. The number of ether oxygens (including phenoxy) is 1. The van der Waals surface area contributed by atoms with Gasteiger partial charge >= 0.3 is 0 Å². The van der Waals surface area contributed by atoms with Crippen molar-refractivity contribution in [2.75, 3.05) is 7.11 Å². The summed E-state index contributed by atoms with van der Waals surface area (Å²) in [5, 5.41) is 17.5. The maximum atomic E-state index is 8.78. The number of aliphatic hydroxyl groups is 1. The van der Waals surface area contributed by atoms with Gasteiger partial charge in [0.1, 0.15) is 11.8 Å². The molecule has 3 nitrogen and oxygen atoms in total. The van der Waals surface area contributed by atoms with E-state index in [1.54, 1.807) is 25.3 Å². The molecule has 0 fully saturated rings. The van der Waals surface area contributed by atoms with Crippen molar-refractivity contribution in [2.24, 2.45) is 0 Å². The van der Waals surface area contributed by atoms with Crippen LogP contribution in [0.4, 0.5) is 0 Å². The Morgan fingerprint density at radius 3 is 2.71 bits per heavy atom. The Morgan fingerprint density at radius 2 is 2.29 bits per heavy atom. The van der Waals surface area contributed by atoms with Crippen molar-refractivity contribution in [1.82, 2.24) is 0 Å². The largest absolute Gasteiger partial charge is 0.514 e. The van der Waals surface area contributed by atoms with E-state index in [9.17, 15) is 0 Å². The first-order chi connectivity index (χ1) is 6.72. The van der Waals surface area contributed by atoms with Gasteiger partial charge in [-0.3, -0.25) is 0 Å². The van der Waals surface area contributed by atoms with E-state index in [1.165, 1.54) is 0 Å². The molecule has 0 aliphatic carbocycles. The maximum Gasteiger partial charge on any atom is 0.121 e. The molecule has 1 rings (SSSR count). The summed E-state index contributed by atoms with van der Waals surface area (Å²) in [6.07, 6.45) is 0.807. The highest BCUT2D eigenvalue weighted by Gasteiger charge is 2.03. The Hall–Kier alpha value is -1.95. The van der Waals surface area contributed by atoms with Crippen LogP contribution in [0.25, 0.3) is 5.57 Å². The summed E-state index contributed by atoms with van der Waals surface area (Å²) in [4.78, 5) is 0. The van der Waals surface area contributed by atoms with Crippen LogP contribution in [0.15, 0.2) is 24.5 Å². The summed E-state index contributed by atoms with van der Waals surface area (Å²) in [5.41, 5.74) is 1.86. The van der Waals surface area contributed by atoms with Crippen LogP contribution in [0.5, 0.6) is 5.75 Å². The van der Waals surface area contributed by atoms with Gasteiger partial charge in [0.2, 0.25) is 0 Å². The quantitative estimate of drug-likeness (QED) is 0.574. The first kappa shape index (κ1) is 10.1. The standard InChI is InChI=1S/C11H11NO2/c1-8-5-9(10(6-12)7-13)3-4-11(8)14-2/h3-5,7,13H,1-2H3/b10-7+. The van der Waals surface area contributed by atoms with Crippen LogP contribution in [0, 0.1) is 18.3 Å². The molecule has 0 bridgehead atoms. The van der Waals surface area contributed by atoms with Gasteiger partial charge in [-0.15, -0.1) is 0 Å². The molecule has 3 heteroatoms. The fraction of sp³-hybridized carbons (Fsp3) is 0.182. The van der Waals surface area contributed by atoms with E-state index in [0.29, 0.717) is 5.56 Å². The Balaban J connectivity index is 3.16. The highest BCUT2D eigenvalue weighted by atomic mass is 16.5. The molecule has 0 atom stereocenters. The van der Waals surface area contributed by atoms with Crippen molar-refractivity contribution in [1.29, 1.82) is 5.26 Å². The molecular weight excluding hydrogens is 178 g/mol. The molecule has 0 amide bonds. The second kappa shape index (κ2) is 4.33. The molecule has 0 saturated heterocycles. The number of hydrogen-bond acceptors (Lipinski definition) is 3. The molecule has 0 heterocycles. The summed E-state index contributed by atoms with van der Waals surface area (Å²) in [6.45, 7) is 1.88. The highest BCUT2D eigenvalue weighted by molar-refractivity contribution is 5.76. The molecule has 1 aromatic carbocycles. The predicted octanol–water partition coefficient (Wildman–Crippen LogP) is 2.43. The molecule has 0 saturated carbocycles. The lowest BCUT2D eigenvalue weighted by molar-refractivity contribution is 0.411. The lowest BCUT2D eigenvalue weighted by atomic mass is 10.1. The topological polar surface area (TPSA) is 53.2 Å². The first-order valence-corrected chi connectivity index (χ1v) is 4.12. The van der Waals surface area contributed by atoms with E-state index in [1.807, 2.05) is 13.0 Å². The molecule has 0 aliphatic rings. The van der Waals surface area contributed by atoms with Crippen LogP contribution >= 0.6 is 0 Å². The van der Waals surface area contributed by atoms with Crippen molar-refractivity contribution in [3.63, 3.8) is 0 Å². The summed E-state index contributed by atoms with van der Waals surface area (Å²) >= 11 is 0. The summed E-state index contributed by atoms with van der Waals surface area (Å²) in [6, 6.07) is 7.20. The van der Waals surface area contributed by atoms with Crippen LogP contribution in [-0.2, 0) is 0 Å². The Labute approximate surface area is 82.9 Å². The number of benzene rings is 1. The minimum atomic E-state index is 0.246. The van der Waals surface area contributed by atoms with Gasteiger partial charge in [0.05, 0.1) is 18.9 Å². The van der Waals surface area contributed by atoms with Crippen molar-refractivity contribution in [3.05, 3.63) is 35.6 Å². The SMILES string of the molecule is COc1ccc(/C(C#N)=C/O)cc1C. The van der Waals surface area contributed by atoms with Crippen LogP contribution in [0.2, 0.25) is 0 Å². The summed E-state index contributed by atoms with van der Waals surface area (Å²) in [7, 11) is 1.59. The molecule has 1 aromatic rings. The number of aliphatic hydroxyl groups excluding tert-OH is 1. The molecule has 14 heavy (non-hydrogen) atoms. The van der Waals surface area contributed by atoms with Gasteiger partial charge in [-0.2, -0.15) is 5.26 Å². The van der Waals surface area contributed by atoms with Gasteiger partial charge in [0.25, 0.3) is 0 Å². The minimum absolute atomic E-state index is 0.246. The molecule has 0 aromatic heterocycles. The van der Waals surface area contributed by atoms with Crippen molar-refractivity contribution < 1.29 is 9.84 Å². The molecular formula is C11H11NO2. The van der Waals surface area contributed by atoms with Crippen LogP contribution in [0.1, 0.15) is 11.1 Å². The van der Waals surface area contributed by atoms with Gasteiger partial charge < -0.3 is 9.84 Å². The molecule has 0 radical (unpaired) electrons. The zero-order chi connectivity index (χ0) is 10.6. The summed E-state index contributed by atoms with van der Waals surface area (Å²) < 4.78 is 5.08. The average molecular weight is 189 g/mol. The zero-order valence-corrected chi connectivity index (χ0v) is 8.11. The number of aryl methyl sites for hydroxylation is 1. The Morgan fingerprint density at radius 1 is 1.57 bits per heavy atom. The molecule has 0 spiro atoms. The Kier molecular flexibility index (Phi) is 3.14. The maximum absolute atomic E-state index is 8.78. The number of allylic oxidation sites excluding steroid dienone is 1. The van der Waals surface area contributed by atoms with E-state index in [0.717, 1.165) is 17.6 Å². The third-order valence-electron chi connectivity index (χ3n) is 1.96. The third-order valence-corrected chi connectivity index (χ3v) is 1.96. The van der Waals surface area contributed by atoms with Gasteiger partial charge in [-0.05, 0) is 36.2 Å². The fourth-order valence-corrected chi connectivity index (χ4v) is 1.21. The highest BCUT2D eigenvalue weighted by Crippen LogP contribution is 2.22. The van der Waals surface area contributed by atoms with Crippen LogP contribution in [0.3, 0.4) is 0 Å². The van der Waals surface area contributed by atoms with Crippen LogP contribution in [-0.4, -0.2) is 12.2 Å². The van der Waals surface area contributed by atoms with E-state index in [4.69, 9.17) is 15.1 Å². The zero-order valence-electron chi connectivity index (χ0n) is 8.11. The smallest absolute Gasteiger partial charge is 0.121 e. The first-order valence-electron chi connectivity index (χ1n) is 4.12. The van der Waals surface area contributed by atoms with Crippen molar-refractivity contribution in [2.45, 2.75) is 6.92 Å². The lowest BCUT2D eigenvalue weighted by Gasteiger charge is -2.05. The normalized spacial score (nSPS) is 10.8. The average Bonchev–Trinajstić information content (AvgIpc) is 2.20. The van der Waals surface area contributed by atoms with Gasteiger partial charge in [0, 0.05) is 0 Å². The molecule has 0 aliphatic heterocycles. The third kappa shape index (κ3) is 1.86. The van der Waals surface area contributed by atoms with E-state index in [-0.39, 0.29) is 5.57 Å². The van der Waals surface area contributed by atoms with E-state index in [2.05, 4.69) is 0 Å². The number of hydrogen-bond donors (Lipinski definition) is 1. The van der Waals surface area contributed by atoms with Crippen molar-refractivity contribution >= 4 is 5.57 Å². The number of methoxy groups -OCH3 is 1. The molecule has 72 valence electrons. The Bertz CT molecular complexity index is 402. The monoisotopic (exact) mass is 189 g/mol. The van der Waals surface area contributed by atoms with E-state index >= 15 is 0 Å².